The summed E-state index contributed by atoms with van der Waals surface area (Å²) in [6, 6.07) is 10.5. The van der Waals surface area contributed by atoms with Gasteiger partial charge >= 0.3 is 0 Å². The number of benzene rings is 1. The molecule has 0 N–H and O–H groups in total. The van der Waals surface area contributed by atoms with Crippen molar-refractivity contribution in [2.75, 3.05) is 19.0 Å². The molecule has 0 amide bonds. The Morgan fingerprint density at radius 2 is 1.64 bits per heavy atom. The van der Waals surface area contributed by atoms with E-state index in [1.54, 1.807) is 0 Å². The van der Waals surface area contributed by atoms with E-state index in [1.165, 1.54) is 5.69 Å². The standard InChI is InChI=1S/C16H18N4.C2H6/c1-11-9-16-17-15(10-20(16)18-12(11)2)13-5-7-14(8-6-13)19(3)4;1-2/h5-10H,1-4H3;1-2H3. The Hall–Kier alpha value is -2.36. The molecule has 3 aromatic rings. The molecule has 0 saturated carbocycles. The zero-order valence-electron chi connectivity index (χ0n) is 14.3. The molecule has 0 saturated heterocycles. The highest BCUT2D eigenvalue weighted by Crippen LogP contribution is 2.22. The van der Waals surface area contributed by atoms with Gasteiger partial charge in [0, 0.05) is 25.3 Å². The van der Waals surface area contributed by atoms with Gasteiger partial charge in [0.15, 0.2) is 5.65 Å². The number of fused-ring (bicyclic) bond motifs is 1. The Morgan fingerprint density at radius 1 is 1.00 bits per heavy atom. The molecule has 0 unspecified atom stereocenters. The van der Waals surface area contributed by atoms with E-state index in [0.29, 0.717) is 0 Å². The monoisotopic (exact) mass is 296 g/mol. The van der Waals surface area contributed by atoms with Crippen LogP contribution in [0.15, 0.2) is 36.5 Å². The van der Waals surface area contributed by atoms with Crippen molar-refractivity contribution in [1.29, 1.82) is 0 Å². The number of nitrogens with zero attached hydrogens (tertiary/aromatic N) is 4. The van der Waals surface area contributed by atoms with Crippen LogP contribution >= 0.6 is 0 Å². The summed E-state index contributed by atoms with van der Waals surface area (Å²) in [4.78, 5) is 6.73. The Kier molecular flexibility index (Phi) is 4.81. The van der Waals surface area contributed by atoms with E-state index >= 15 is 0 Å². The van der Waals surface area contributed by atoms with Crippen molar-refractivity contribution in [3.05, 3.63) is 47.8 Å². The average Bonchev–Trinajstić information content (AvgIpc) is 2.92. The lowest BCUT2D eigenvalue weighted by atomic mass is 10.1. The van der Waals surface area contributed by atoms with Crippen LogP contribution in [-0.4, -0.2) is 28.7 Å². The van der Waals surface area contributed by atoms with Crippen LogP contribution in [0.5, 0.6) is 0 Å². The molecule has 0 fully saturated rings. The molecule has 0 radical (unpaired) electrons. The molecule has 2 aromatic heterocycles. The number of aryl methyl sites for hydroxylation is 2. The van der Waals surface area contributed by atoms with Crippen LogP contribution < -0.4 is 4.90 Å². The average molecular weight is 296 g/mol. The maximum Gasteiger partial charge on any atom is 0.154 e. The van der Waals surface area contributed by atoms with E-state index in [9.17, 15) is 0 Å². The van der Waals surface area contributed by atoms with Crippen LogP contribution in [0.1, 0.15) is 25.1 Å². The van der Waals surface area contributed by atoms with Crippen LogP contribution in [0.2, 0.25) is 0 Å². The van der Waals surface area contributed by atoms with Crippen molar-refractivity contribution >= 4 is 11.3 Å². The van der Waals surface area contributed by atoms with Crippen LogP contribution in [0.4, 0.5) is 5.69 Å². The molecule has 1 aromatic carbocycles. The molecule has 0 atom stereocenters. The third kappa shape index (κ3) is 3.11. The molecular weight excluding hydrogens is 272 g/mol. The molecule has 0 aliphatic carbocycles. The Morgan fingerprint density at radius 3 is 2.23 bits per heavy atom. The first-order valence-corrected chi connectivity index (χ1v) is 7.66. The molecule has 2 heterocycles. The first-order chi connectivity index (χ1) is 10.5. The molecule has 116 valence electrons. The zero-order valence-corrected chi connectivity index (χ0v) is 14.3. The molecule has 4 heteroatoms. The van der Waals surface area contributed by atoms with E-state index in [-0.39, 0.29) is 0 Å². The maximum atomic E-state index is 4.65. The normalized spacial score (nSPS) is 10.3. The topological polar surface area (TPSA) is 33.4 Å². The molecule has 0 spiro atoms. The highest BCUT2D eigenvalue weighted by Gasteiger charge is 2.07. The summed E-state index contributed by atoms with van der Waals surface area (Å²) in [6.45, 7) is 8.07. The van der Waals surface area contributed by atoms with Gasteiger partial charge in [-0.25, -0.2) is 9.50 Å². The van der Waals surface area contributed by atoms with Crippen LogP contribution in [0, 0.1) is 13.8 Å². The van der Waals surface area contributed by atoms with Gasteiger partial charge in [-0.15, -0.1) is 0 Å². The summed E-state index contributed by atoms with van der Waals surface area (Å²) >= 11 is 0. The molecule has 22 heavy (non-hydrogen) atoms. The van der Waals surface area contributed by atoms with E-state index < -0.39 is 0 Å². The molecular formula is C18H24N4. The lowest BCUT2D eigenvalue weighted by Gasteiger charge is -2.11. The Bertz CT molecular complexity index is 716. The van der Waals surface area contributed by atoms with Gasteiger partial charge in [0.05, 0.1) is 17.6 Å². The first kappa shape index (κ1) is 16.0. The number of aromatic nitrogens is 3. The second kappa shape index (κ2) is 6.60. The summed E-state index contributed by atoms with van der Waals surface area (Å²) in [7, 11) is 4.07. The van der Waals surface area contributed by atoms with Gasteiger partial charge in [0.25, 0.3) is 0 Å². The number of hydrogen-bond donors (Lipinski definition) is 0. The lowest BCUT2D eigenvalue weighted by Crippen LogP contribution is -2.07. The van der Waals surface area contributed by atoms with E-state index in [0.717, 1.165) is 28.2 Å². The second-order valence-corrected chi connectivity index (χ2v) is 5.28. The summed E-state index contributed by atoms with van der Waals surface area (Å²) < 4.78 is 1.84. The minimum atomic E-state index is 0.889. The quantitative estimate of drug-likeness (QED) is 0.713. The predicted octanol–water partition coefficient (Wildman–Crippen LogP) is 4.11. The fourth-order valence-electron chi connectivity index (χ4n) is 2.17. The summed E-state index contributed by atoms with van der Waals surface area (Å²) in [5.41, 5.74) is 6.33. The van der Waals surface area contributed by atoms with Crippen molar-refractivity contribution in [3.63, 3.8) is 0 Å². The molecule has 0 aliphatic rings. The number of imidazole rings is 1. The van der Waals surface area contributed by atoms with Crippen molar-refractivity contribution in [2.24, 2.45) is 0 Å². The Balaban J connectivity index is 0.000000847. The fourth-order valence-corrected chi connectivity index (χ4v) is 2.17. The van der Waals surface area contributed by atoms with Crippen molar-refractivity contribution in [1.82, 2.24) is 14.6 Å². The van der Waals surface area contributed by atoms with Gasteiger partial charge in [-0.05, 0) is 37.6 Å². The molecule has 3 rings (SSSR count). The third-order valence-electron chi connectivity index (χ3n) is 3.57. The maximum absolute atomic E-state index is 4.65. The largest absolute Gasteiger partial charge is 0.378 e. The van der Waals surface area contributed by atoms with Gasteiger partial charge in [-0.2, -0.15) is 5.10 Å². The number of anilines is 1. The number of rotatable bonds is 2. The molecule has 0 aliphatic heterocycles. The van der Waals surface area contributed by atoms with E-state index in [1.807, 2.05) is 45.6 Å². The minimum absolute atomic E-state index is 0.889. The second-order valence-electron chi connectivity index (χ2n) is 5.28. The van der Waals surface area contributed by atoms with Crippen molar-refractivity contribution in [3.8, 4) is 11.3 Å². The minimum Gasteiger partial charge on any atom is -0.378 e. The Labute approximate surface area is 132 Å². The highest BCUT2D eigenvalue weighted by atomic mass is 15.2. The summed E-state index contributed by atoms with van der Waals surface area (Å²) in [5, 5.41) is 4.51. The SMILES string of the molecule is CC.Cc1cc2nc(-c3ccc(N(C)C)cc3)cn2nc1C. The zero-order chi connectivity index (χ0) is 16.3. The van der Waals surface area contributed by atoms with Crippen LogP contribution in [-0.2, 0) is 0 Å². The van der Waals surface area contributed by atoms with Crippen LogP contribution in [0.25, 0.3) is 16.9 Å². The highest BCUT2D eigenvalue weighted by molar-refractivity contribution is 5.65. The van der Waals surface area contributed by atoms with Crippen LogP contribution in [0.3, 0.4) is 0 Å². The molecule has 4 nitrogen and oxygen atoms in total. The van der Waals surface area contributed by atoms with Gasteiger partial charge in [0.2, 0.25) is 0 Å². The molecule has 0 bridgehead atoms. The third-order valence-corrected chi connectivity index (χ3v) is 3.57. The van der Waals surface area contributed by atoms with E-state index in [2.05, 4.69) is 52.2 Å². The predicted molar refractivity (Wildman–Crippen MR) is 93.6 cm³/mol. The van der Waals surface area contributed by atoms with Gasteiger partial charge < -0.3 is 4.90 Å². The van der Waals surface area contributed by atoms with Crippen molar-refractivity contribution < 1.29 is 0 Å². The lowest BCUT2D eigenvalue weighted by molar-refractivity contribution is 0.889. The smallest absolute Gasteiger partial charge is 0.154 e. The summed E-state index contributed by atoms with van der Waals surface area (Å²) in [5.74, 6) is 0. The van der Waals surface area contributed by atoms with Gasteiger partial charge in [-0.1, -0.05) is 26.0 Å². The van der Waals surface area contributed by atoms with Gasteiger partial charge in [0.1, 0.15) is 0 Å². The fraction of sp³-hybridized carbons (Fsp3) is 0.333. The van der Waals surface area contributed by atoms with Gasteiger partial charge in [-0.3, -0.25) is 0 Å². The first-order valence-electron chi connectivity index (χ1n) is 7.66. The number of hydrogen-bond acceptors (Lipinski definition) is 3. The van der Waals surface area contributed by atoms with Crippen molar-refractivity contribution in [2.45, 2.75) is 27.7 Å². The summed E-state index contributed by atoms with van der Waals surface area (Å²) in [6.07, 6.45) is 1.98. The van der Waals surface area contributed by atoms with E-state index in [4.69, 9.17) is 0 Å².